The van der Waals surface area contributed by atoms with E-state index in [4.69, 9.17) is 19.9 Å². The summed E-state index contributed by atoms with van der Waals surface area (Å²) >= 11 is 3.53. The first kappa shape index (κ1) is 14.6. The quantitative estimate of drug-likeness (QED) is 0.871. The lowest BCUT2D eigenvalue weighted by atomic mass is 10.1. The third-order valence-electron chi connectivity index (χ3n) is 3.16. The Morgan fingerprint density at radius 3 is 2.95 bits per heavy atom. The predicted octanol–water partition coefficient (Wildman–Crippen LogP) is 2.52. The van der Waals surface area contributed by atoms with Crippen LogP contribution in [0, 0.1) is 0 Å². The predicted molar refractivity (Wildman–Crippen MR) is 77.9 cm³/mol. The van der Waals surface area contributed by atoms with Gasteiger partial charge in [-0.05, 0) is 59.4 Å². The maximum atomic E-state index is 5.85. The number of ether oxygens (including phenoxy) is 3. The molecule has 1 heterocycles. The summed E-state index contributed by atoms with van der Waals surface area (Å²) in [6.45, 7) is 2.01. The van der Waals surface area contributed by atoms with Crippen molar-refractivity contribution in [2.24, 2.45) is 5.73 Å². The van der Waals surface area contributed by atoms with Crippen LogP contribution in [0.3, 0.4) is 0 Å². The van der Waals surface area contributed by atoms with Crippen LogP contribution in [0.1, 0.15) is 18.4 Å². The van der Waals surface area contributed by atoms with Crippen LogP contribution in [0.25, 0.3) is 0 Å². The molecule has 0 bridgehead atoms. The molecule has 2 N–H and O–H groups in total. The number of rotatable bonds is 6. The Balaban J connectivity index is 2.09. The third kappa shape index (κ3) is 3.84. The third-order valence-corrected chi connectivity index (χ3v) is 3.75. The Bertz CT molecular complexity index is 419. The highest BCUT2D eigenvalue weighted by atomic mass is 79.9. The van der Waals surface area contributed by atoms with E-state index in [0.29, 0.717) is 13.2 Å². The van der Waals surface area contributed by atoms with Gasteiger partial charge in [0, 0.05) is 6.61 Å². The van der Waals surface area contributed by atoms with Gasteiger partial charge in [-0.15, -0.1) is 0 Å². The van der Waals surface area contributed by atoms with Crippen LogP contribution in [0.5, 0.6) is 11.5 Å². The molecule has 0 spiro atoms. The summed E-state index contributed by atoms with van der Waals surface area (Å²) in [6, 6.07) is 4.00. The molecule has 0 radical (unpaired) electrons. The zero-order valence-corrected chi connectivity index (χ0v) is 12.7. The maximum absolute atomic E-state index is 5.85. The highest BCUT2D eigenvalue weighted by molar-refractivity contribution is 9.10. The monoisotopic (exact) mass is 329 g/mol. The molecular weight excluding hydrogens is 310 g/mol. The second-order valence-electron chi connectivity index (χ2n) is 4.59. The summed E-state index contributed by atoms with van der Waals surface area (Å²) in [5.74, 6) is 1.47. The fourth-order valence-electron chi connectivity index (χ4n) is 2.18. The first-order valence-electron chi connectivity index (χ1n) is 6.55. The topological polar surface area (TPSA) is 53.7 Å². The van der Waals surface area contributed by atoms with Crippen molar-refractivity contribution in [2.45, 2.75) is 25.4 Å². The van der Waals surface area contributed by atoms with Gasteiger partial charge in [0.15, 0.2) is 11.5 Å². The fourth-order valence-corrected chi connectivity index (χ4v) is 2.78. The summed E-state index contributed by atoms with van der Waals surface area (Å²) in [6.07, 6.45) is 3.19. The average molecular weight is 330 g/mol. The van der Waals surface area contributed by atoms with Gasteiger partial charge < -0.3 is 19.9 Å². The number of nitrogens with two attached hydrogens (primary N) is 1. The van der Waals surface area contributed by atoms with Crippen LogP contribution >= 0.6 is 15.9 Å². The first-order valence-corrected chi connectivity index (χ1v) is 7.34. The van der Waals surface area contributed by atoms with Crippen molar-refractivity contribution in [1.82, 2.24) is 0 Å². The Morgan fingerprint density at radius 1 is 1.47 bits per heavy atom. The standard InChI is InChI=1S/C14H20BrNO3/c1-17-13-8-10(4-5-16)7-12(15)14(13)19-9-11-3-2-6-18-11/h7-8,11H,2-6,9,16H2,1H3. The highest BCUT2D eigenvalue weighted by Gasteiger charge is 2.18. The van der Waals surface area contributed by atoms with Crippen molar-refractivity contribution < 1.29 is 14.2 Å². The number of halogens is 1. The molecule has 0 saturated carbocycles. The van der Waals surface area contributed by atoms with Gasteiger partial charge in [0.25, 0.3) is 0 Å². The Hall–Kier alpha value is -0.780. The summed E-state index contributed by atoms with van der Waals surface area (Å²) in [5, 5.41) is 0. The van der Waals surface area contributed by atoms with Crippen LogP contribution in [-0.2, 0) is 11.2 Å². The van der Waals surface area contributed by atoms with Gasteiger partial charge >= 0.3 is 0 Å². The molecule has 4 nitrogen and oxygen atoms in total. The maximum Gasteiger partial charge on any atom is 0.175 e. The van der Waals surface area contributed by atoms with Crippen molar-refractivity contribution in [3.05, 3.63) is 22.2 Å². The number of hydrogen-bond donors (Lipinski definition) is 1. The molecule has 1 aromatic carbocycles. The molecule has 1 saturated heterocycles. The zero-order chi connectivity index (χ0) is 13.7. The van der Waals surface area contributed by atoms with Crippen molar-refractivity contribution in [3.63, 3.8) is 0 Å². The lowest BCUT2D eigenvalue weighted by molar-refractivity contribution is 0.0667. The van der Waals surface area contributed by atoms with E-state index in [0.717, 1.165) is 47.4 Å². The summed E-state index contributed by atoms with van der Waals surface area (Å²) in [4.78, 5) is 0. The van der Waals surface area contributed by atoms with Gasteiger partial charge in [-0.25, -0.2) is 0 Å². The van der Waals surface area contributed by atoms with E-state index in [1.807, 2.05) is 12.1 Å². The Kier molecular flexibility index (Phi) is 5.48. The van der Waals surface area contributed by atoms with E-state index >= 15 is 0 Å². The number of hydrogen-bond acceptors (Lipinski definition) is 4. The van der Waals surface area contributed by atoms with Crippen LogP contribution in [0.2, 0.25) is 0 Å². The van der Waals surface area contributed by atoms with Gasteiger partial charge in [-0.3, -0.25) is 0 Å². The smallest absolute Gasteiger partial charge is 0.175 e. The van der Waals surface area contributed by atoms with Crippen LogP contribution < -0.4 is 15.2 Å². The minimum atomic E-state index is 0.195. The summed E-state index contributed by atoms with van der Waals surface area (Å²) in [5.41, 5.74) is 6.71. The fraction of sp³-hybridized carbons (Fsp3) is 0.571. The molecule has 106 valence electrons. The summed E-state index contributed by atoms with van der Waals surface area (Å²) in [7, 11) is 1.65. The van der Waals surface area contributed by atoms with Gasteiger partial charge in [-0.1, -0.05) is 0 Å². The second-order valence-corrected chi connectivity index (χ2v) is 5.45. The molecule has 1 aliphatic rings. The SMILES string of the molecule is COc1cc(CCN)cc(Br)c1OCC1CCCO1. The van der Waals surface area contributed by atoms with Gasteiger partial charge in [-0.2, -0.15) is 0 Å². The lowest BCUT2D eigenvalue weighted by Gasteiger charge is -2.16. The van der Waals surface area contributed by atoms with E-state index in [1.54, 1.807) is 7.11 Å². The largest absolute Gasteiger partial charge is 0.493 e. The van der Waals surface area contributed by atoms with Crippen molar-refractivity contribution >= 4 is 15.9 Å². The van der Waals surface area contributed by atoms with Crippen molar-refractivity contribution in [2.75, 3.05) is 26.9 Å². The molecule has 1 unspecified atom stereocenters. The molecule has 19 heavy (non-hydrogen) atoms. The molecule has 5 heteroatoms. The average Bonchev–Trinajstić information content (AvgIpc) is 2.90. The Labute approximate surface area is 122 Å². The van der Waals surface area contributed by atoms with Crippen LogP contribution in [-0.4, -0.2) is 33.0 Å². The van der Waals surface area contributed by atoms with Gasteiger partial charge in [0.1, 0.15) is 6.61 Å². The minimum Gasteiger partial charge on any atom is -0.493 e. The molecule has 1 aromatic rings. The minimum absolute atomic E-state index is 0.195. The van der Waals surface area contributed by atoms with Crippen LogP contribution in [0.15, 0.2) is 16.6 Å². The van der Waals surface area contributed by atoms with E-state index in [2.05, 4.69) is 15.9 Å². The molecule has 1 fully saturated rings. The first-order chi connectivity index (χ1) is 9.24. The molecule has 0 aromatic heterocycles. The van der Waals surface area contributed by atoms with E-state index in [-0.39, 0.29) is 6.10 Å². The molecular formula is C14H20BrNO3. The van der Waals surface area contributed by atoms with E-state index < -0.39 is 0 Å². The summed E-state index contributed by atoms with van der Waals surface area (Å²) < 4.78 is 17.7. The van der Waals surface area contributed by atoms with Crippen LogP contribution in [0.4, 0.5) is 0 Å². The lowest BCUT2D eigenvalue weighted by Crippen LogP contribution is -2.16. The number of methoxy groups -OCH3 is 1. The molecule has 2 rings (SSSR count). The van der Waals surface area contributed by atoms with E-state index in [9.17, 15) is 0 Å². The Morgan fingerprint density at radius 2 is 2.32 bits per heavy atom. The molecule has 0 amide bonds. The highest BCUT2D eigenvalue weighted by Crippen LogP contribution is 2.37. The second kappa shape index (κ2) is 7.12. The van der Waals surface area contributed by atoms with Crippen molar-refractivity contribution in [1.29, 1.82) is 0 Å². The zero-order valence-electron chi connectivity index (χ0n) is 11.2. The normalized spacial score (nSPS) is 18.6. The number of benzene rings is 1. The molecule has 1 aliphatic heterocycles. The van der Waals surface area contributed by atoms with Gasteiger partial charge in [0.05, 0.1) is 17.7 Å². The van der Waals surface area contributed by atoms with Gasteiger partial charge in [0.2, 0.25) is 0 Å². The van der Waals surface area contributed by atoms with E-state index in [1.165, 1.54) is 0 Å². The molecule has 1 atom stereocenters. The van der Waals surface area contributed by atoms with Crippen molar-refractivity contribution in [3.8, 4) is 11.5 Å². The molecule has 0 aliphatic carbocycles.